The Morgan fingerprint density at radius 2 is 1.81 bits per heavy atom. The zero-order valence-electron chi connectivity index (χ0n) is 20.5. The highest BCUT2D eigenvalue weighted by molar-refractivity contribution is 6.04. The first-order chi connectivity index (χ1) is 17.5. The van der Waals surface area contributed by atoms with Crippen LogP contribution in [0.3, 0.4) is 0 Å². The maximum Gasteiger partial charge on any atom is 0.287 e. The normalized spacial score (nSPS) is 14.2. The number of hydrogen-bond donors (Lipinski definition) is 2. The maximum atomic E-state index is 13.8. The molecule has 3 aromatic rings. The highest BCUT2D eigenvalue weighted by Crippen LogP contribution is 2.31. The lowest BCUT2D eigenvalue weighted by Crippen LogP contribution is -2.49. The smallest absolute Gasteiger partial charge is 0.287 e. The van der Waals surface area contributed by atoms with Crippen molar-refractivity contribution in [2.45, 2.75) is 44.7 Å². The fourth-order valence-corrected chi connectivity index (χ4v) is 4.46. The third-order valence-electron chi connectivity index (χ3n) is 6.34. The van der Waals surface area contributed by atoms with Crippen LogP contribution in [0.1, 0.15) is 53.4 Å². The van der Waals surface area contributed by atoms with Crippen LogP contribution in [0.2, 0.25) is 0 Å². The van der Waals surface area contributed by atoms with E-state index in [1.807, 2.05) is 19.1 Å². The lowest BCUT2D eigenvalue weighted by molar-refractivity contribution is -0.126. The number of rotatable bonds is 9. The van der Waals surface area contributed by atoms with E-state index in [9.17, 15) is 14.4 Å². The van der Waals surface area contributed by atoms with Crippen molar-refractivity contribution in [3.8, 4) is 5.75 Å². The summed E-state index contributed by atoms with van der Waals surface area (Å²) in [5.74, 6) is -0.540. The molecular weight excluding hydrogens is 458 g/mol. The van der Waals surface area contributed by atoms with Crippen molar-refractivity contribution in [2.75, 3.05) is 18.6 Å². The summed E-state index contributed by atoms with van der Waals surface area (Å²) in [6.45, 7) is 1.64. The summed E-state index contributed by atoms with van der Waals surface area (Å²) in [6, 6.07) is 16.7. The van der Waals surface area contributed by atoms with Gasteiger partial charge in [0.1, 0.15) is 11.8 Å². The van der Waals surface area contributed by atoms with E-state index in [0.29, 0.717) is 17.0 Å². The van der Waals surface area contributed by atoms with Crippen LogP contribution in [0.5, 0.6) is 5.75 Å². The number of carbonyl (C=O) groups excluding carboxylic acids is 3. The van der Waals surface area contributed by atoms with Crippen LogP contribution in [-0.4, -0.2) is 37.4 Å². The van der Waals surface area contributed by atoms with Gasteiger partial charge in [0.2, 0.25) is 11.8 Å². The van der Waals surface area contributed by atoms with E-state index in [4.69, 9.17) is 9.15 Å². The minimum absolute atomic E-state index is 0.0687. The Morgan fingerprint density at radius 3 is 2.47 bits per heavy atom. The number of methoxy groups -OCH3 is 1. The van der Waals surface area contributed by atoms with Gasteiger partial charge in [0.05, 0.1) is 19.9 Å². The Kier molecular flexibility index (Phi) is 8.05. The first kappa shape index (κ1) is 25.0. The summed E-state index contributed by atoms with van der Waals surface area (Å²) in [4.78, 5) is 41.3. The molecule has 0 spiro atoms. The lowest BCUT2D eigenvalue weighted by Gasteiger charge is -2.32. The number of ether oxygens (including phenoxy) is 1. The van der Waals surface area contributed by atoms with Crippen LogP contribution in [0.25, 0.3) is 0 Å². The van der Waals surface area contributed by atoms with Gasteiger partial charge in [-0.15, -0.1) is 0 Å². The van der Waals surface area contributed by atoms with Crippen molar-refractivity contribution in [3.05, 3.63) is 83.8 Å². The SMILES string of the molecule is COc1cccc([C@@H](C(=O)NC2CCCC2)N(C(=O)CNC(=O)c2ccco2)c2ccc(C)cc2)c1. The molecule has 1 aliphatic rings. The highest BCUT2D eigenvalue weighted by atomic mass is 16.5. The summed E-state index contributed by atoms with van der Waals surface area (Å²) in [6.07, 6.45) is 5.34. The molecule has 0 aliphatic heterocycles. The summed E-state index contributed by atoms with van der Waals surface area (Å²) in [5.41, 5.74) is 2.17. The zero-order chi connectivity index (χ0) is 25.5. The number of benzene rings is 2. The number of furan rings is 1. The van der Waals surface area contributed by atoms with E-state index in [2.05, 4.69) is 10.6 Å². The fourth-order valence-electron chi connectivity index (χ4n) is 4.46. The molecule has 3 amide bonds. The minimum Gasteiger partial charge on any atom is -0.497 e. The first-order valence-corrected chi connectivity index (χ1v) is 12.1. The summed E-state index contributed by atoms with van der Waals surface area (Å²) < 4.78 is 10.5. The molecule has 2 aromatic carbocycles. The molecule has 4 rings (SSSR count). The number of amides is 3. The molecule has 1 fully saturated rings. The maximum absolute atomic E-state index is 13.8. The third-order valence-corrected chi connectivity index (χ3v) is 6.34. The quantitative estimate of drug-likeness (QED) is 0.470. The van der Waals surface area contributed by atoms with Crippen LogP contribution < -0.4 is 20.3 Å². The Morgan fingerprint density at radius 1 is 1.06 bits per heavy atom. The second-order valence-electron chi connectivity index (χ2n) is 8.93. The molecule has 0 radical (unpaired) electrons. The molecule has 36 heavy (non-hydrogen) atoms. The Balaban J connectivity index is 1.70. The topological polar surface area (TPSA) is 101 Å². The largest absolute Gasteiger partial charge is 0.497 e. The number of nitrogens with one attached hydrogen (secondary N) is 2. The van der Waals surface area contributed by atoms with Crippen molar-refractivity contribution >= 4 is 23.4 Å². The monoisotopic (exact) mass is 489 g/mol. The molecule has 0 saturated heterocycles. The van der Waals surface area contributed by atoms with Gasteiger partial charge in [-0.05, 0) is 61.7 Å². The number of hydrogen-bond acceptors (Lipinski definition) is 5. The van der Waals surface area contributed by atoms with Gasteiger partial charge in [0.15, 0.2) is 5.76 Å². The van der Waals surface area contributed by atoms with Crippen LogP contribution in [0.4, 0.5) is 5.69 Å². The molecule has 0 unspecified atom stereocenters. The molecule has 1 aromatic heterocycles. The number of anilines is 1. The highest BCUT2D eigenvalue weighted by Gasteiger charge is 2.34. The van der Waals surface area contributed by atoms with Gasteiger partial charge in [-0.3, -0.25) is 19.3 Å². The molecular formula is C28H31N3O5. The minimum atomic E-state index is -0.962. The van der Waals surface area contributed by atoms with E-state index >= 15 is 0 Å². The Labute approximate surface area is 210 Å². The summed E-state index contributed by atoms with van der Waals surface area (Å²) >= 11 is 0. The van der Waals surface area contributed by atoms with Gasteiger partial charge in [-0.1, -0.05) is 42.7 Å². The zero-order valence-corrected chi connectivity index (χ0v) is 20.5. The third kappa shape index (κ3) is 5.94. The summed E-state index contributed by atoms with van der Waals surface area (Å²) in [7, 11) is 1.56. The molecule has 8 nitrogen and oxygen atoms in total. The molecule has 188 valence electrons. The van der Waals surface area contributed by atoms with Crippen molar-refractivity contribution in [1.82, 2.24) is 10.6 Å². The standard InChI is InChI=1S/C28H31N3O5/c1-19-12-14-22(15-13-19)31(25(32)18-29-27(33)24-11-6-16-36-24)26(20-7-5-10-23(17-20)35-2)28(34)30-21-8-3-4-9-21/h5-7,10-17,21,26H,3-4,8-9,18H2,1-2H3,(H,29,33)(H,30,34)/t26-/m0/s1. The predicted octanol–water partition coefficient (Wildman–Crippen LogP) is 4.16. The van der Waals surface area contributed by atoms with E-state index in [-0.39, 0.29) is 24.3 Å². The van der Waals surface area contributed by atoms with Crippen LogP contribution >= 0.6 is 0 Å². The molecule has 0 bridgehead atoms. The van der Waals surface area contributed by atoms with Gasteiger partial charge in [0, 0.05) is 11.7 Å². The van der Waals surface area contributed by atoms with E-state index in [0.717, 1.165) is 31.2 Å². The average molecular weight is 490 g/mol. The van der Waals surface area contributed by atoms with Gasteiger partial charge >= 0.3 is 0 Å². The van der Waals surface area contributed by atoms with Crippen molar-refractivity contribution in [2.24, 2.45) is 0 Å². The molecule has 1 atom stereocenters. The predicted molar refractivity (Wildman–Crippen MR) is 136 cm³/mol. The van der Waals surface area contributed by atoms with Crippen molar-refractivity contribution in [3.63, 3.8) is 0 Å². The van der Waals surface area contributed by atoms with Gasteiger partial charge < -0.3 is 19.8 Å². The van der Waals surface area contributed by atoms with E-state index in [1.165, 1.54) is 17.2 Å². The van der Waals surface area contributed by atoms with E-state index in [1.54, 1.807) is 49.6 Å². The van der Waals surface area contributed by atoms with Crippen molar-refractivity contribution < 1.29 is 23.5 Å². The van der Waals surface area contributed by atoms with Crippen LogP contribution in [-0.2, 0) is 9.59 Å². The molecule has 8 heteroatoms. The van der Waals surface area contributed by atoms with Gasteiger partial charge in [-0.2, -0.15) is 0 Å². The van der Waals surface area contributed by atoms with E-state index < -0.39 is 17.9 Å². The Hall–Kier alpha value is -4.07. The van der Waals surface area contributed by atoms with Crippen LogP contribution in [0, 0.1) is 6.92 Å². The molecule has 1 aliphatic carbocycles. The Bertz CT molecular complexity index is 1180. The molecule has 2 N–H and O–H groups in total. The van der Waals surface area contributed by atoms with Gasteiger partial charge in [0.25, 0.3) is 5.91 Å². The number of carbonyl (C=O) groups is 3. The summed E-state index contributed by atoms with van der Waals surface area (Å²) in [5, 5.41) is 5.75. The molecule has 1 heterocycles. The fraction of sp³-hybridized carbons (Fsp3) is 0.321. The number of aryl methyl sites for hydroxylation is 1. The number of nitrogens with zero attached hydrogens (tertiary/aromatic N) is 1. The van der Waals surface area contributed by atoms with Crippen LogP contribution in [0.15, 0.2) is 71.3 Å². The lowest BCUT2D eigenvalue weighted by atomic mass is 10.0. The first-order valence-electron chi connectivity index (χ1n) is 12.1. The average Bonchev–Trinajstić information content (AvgIpc) is 3.61. The second kappa shape index (κ2) is 11.6. The van der Waals surface area contributed by atoms with Crippen molar-refractivity contribution in [1.29, 1.82) is 0 Å². The second-order valence-corrected chi connectivity index (χ2v) is 8.93. The molecule has 1 saturated carbocycles. The van der Waals surface area contributed by atoms with Gasteiger partial charge in [-0.25, -0.2) is 0 Å².